The lowest BCUT2D eigenvalue weighted by Crippen LogP contribution is -2.00. The molecule has 78 valence electrons. The van der Waals surface area contributed by atoms with Crippen molar-refractivity contribution in [1.82, 2.24) is 0 Å². The van der Waals surface area contributed by atoms with E-state index in [-0.39, 0.29) is 6.10 Å². The minimum absolute atomic E-state index is 0.262. The quantitative estimate of drug-likeness (QED) is 0.619. The van der Waals surface area contributed by atoms with Gasteiger partial charge in [-0.15, -0.1) is 11.8 Å². The fourth-order valence-corrected chi connectivity index (χ4v) is 2.36. The molecule has 1 aromatic rings. The summed E-state index contributed by atoms with van der Waals surface area (Å²) in [5.41, 5.74) is 6.35. The van der Waals surface area contributed by atoms with Crippen molar-refractivity contribution in [3.8, 4) is 0 Å². The second kappa shape index (κ2) is 5.49. The molecule has 0 aromatic heterocycles. The Morgan fingerprint density at radius 2 is 2.29 bits per heavy atom. The van der Waals surface area contributed by atoms with Crippen molar-refractivity contribution < 1.29 is 5.11 Å². The summed E-state index contributed by atoms with van der Waals surface area (Å²) in [4.78, 5) is 0.979. The van der Waals surface area contributed by atoms with Crippen LogP contribution in [0.4, 0.5) is 5.69 Å². The summed E-state index contributed by atoms with van der Waals surface area (Å²) >= 11 is 7.59. The van der Waals surface area contributed by atoms with Gasteiger partial charge in [0.25, 0.3) is 0 Å². The SMILES string of the molecule is CC(O)CCSc1cc(N)ccc1Cl. The van der Waals surface area contributed by atoms with Crippen LogP contribution in [0.15, 0.2) is 23.1 Å². The largest absolute Gasteiger partial charge is 0.399 e. The van der Waals surface area contributed by atoms with Crippen LogP contribution in [0.2, 0.25) is 5.02 Å². The maximum atomic E-state index is 9.08. The summed E-state index contributed by atoms with van der Waals surface area (Å²) in [7, 11) is 0. The lowest BCUT2D eigenvalue weighted by molar-refractivity contribution is 0.192. The van der Waals surface area contributed by atoms with Gasteiger partial charge >= 0.3 is 0 Å². The number of hydrogen-bond acceptors (Lipinski definition) is 3. The Balaban J connectivity index is 2.53. The molecular formula is C10H14ClNOS. The van der Waals surface area contributed by atoms with Crippen molar-refractivity contribution in [3.63, 3.8) is 0 Å². The molecule has 2 nitrogen and oxygen atoms in total. The van der Waals surface area contributed by atoms with Gasteiger partial charge in [0.1, 0.15) is 0 Å². The number of aliphatic hydroxyl groups excluding tert-OH is 1. The third-order valence-corrected chi connectivity index (χ3v) is 3.28. The Morgan fingerprint density at radius 3 is 2.93 bits per heavy atom. The highest BCUT2D eigenvalue weighted by Crippen LogP contribution is 2.29. The highest BCUT2D eigenvalue weighted by atomic mass is 35.5. The smallest absolute Gasteiger partial charge is 0.0543 e. The highest BCUT2D eigenvalue weighted by molar-refractivity contribution is 7.99. The minimum atomic E-state index is -0.262. The van der Waals surface area contributed by atoms with E-state index in [4.69, 9.17) is 22.4 Å². The summed E-state index contributed by atoms with van der Waals surface area (Å²) in [5.74, 6) is 0.848. The topological polar surface area (TPSA) is 46.2 Å². The summed E-state index contributed by atoms with van der Waals surface area (Å²) in [6.45, 7) is 1.78. The number of anilines is 1. The lowest BCUT2D eigenvalue weighted by Gasteiger charge is -2.06. The monoisotopic (exact) mass is 231 g/mol. The molecule has 0 aliphatic carbocycles. The van der Waals surface area contributed by atoms with E-state index < -0.39 is 0 Å². The second-order valence-corrected chi connectivity index (χ2v) is 4.72. The third kappa shape index (κ3) is 3.78. The fourth-order valence-electron chi connectivity index (χ4n) is 0.970. The standard InChI is InChI=1S/C10H14ClNOS/c1-7(13)4-5-14-10-6-8(12)2-3-9(10)11/h2-3,6-7,13H,4-5,12H2,1H3. The van der Waals surface area contributed by atoms with Gasteiger partial charge in [0.15, 0.2) is 0 Å². The molecule has 3 N–H and O–H groups in total. The number of nitrogens with two attached hydrogens (primary N) is 1. The van der Waals surface area contributed by atoms with Crippen molar-refractivity contribution in [2.75, 3.05) is 11.5 Å². The lowest BCUT2D eigenvalue weighted by atomic mass is 10.3. The molecule has 1 atom stereocenters. The number of halogens is 1. The van der Waals surface area contributed by atoms with Crippen LogP contribution < -0.4 is 5.73 Å². The Morgan fingerprint density at radius 1 is 1.57 bits per heavy atom. The van der Waals surface area contributed by atoms with Gasteiger partial charge in [-0.25, -0.2) is 0 Å². The minimum Gasteiger partial charge on any atom is -0.399 e. The molecule has 0 saturated heterocycles. The van der Waals surface area contributed by atoms with E-state index in [0.29, 0.717) is 5.69 Å². The van der Waals surface area contributed by atoms with Crippen molar-refractivity contribution in [2.24, 2.45) is 0 Å². The van der Waals surface area contributed by atoms with E-state index in [1.807, 2.05) is 6.07 Å². The second-order valence-electron chi connectivity index (χ2n) is 3.18. The van der Waals surface area contributed by atoms with Crippen LogP contribution in [0.25, 0.3) is 0 Å². The van der Waals surface area contributed by atoms with Gasteiger partial charge in [0.05, 0.1) is 11.1 Å². The molecule has 1 rings (SSSR count). The van der Waals surface area contributed by atoms with E-state index in [0.717, 1.165) is 22.1 Å². The molecule has 0 aliphatic rings. The molecule has 1 aromatic carbocycles. The normalized spacial score (nSPS) is 12.8. The van der Waals surface area contributed by atoms with Crippen LogP contribution >= 0.6 is 23.4 Å². The number of rotatable bonds is 4. The first-order valence-electron chi connectivity index (χ1n) is 4.45. The fraction of sp³-hybridized carbons (Fsp3) is 0.400. The average molecular weight is 232 g/mol. The molecule has 0 amide bonds. The van der Waals surface area contributed by atoms with E-state index in [1.54, 1.807) is 30.8 Å². The first-order valence-corrected chi connectivity index (χ1v) is 5.82. The Bertz CT molecular complexity index is 304. The molecule has 0 radical (unpaired) electrons. The first-order chi connectivity index (χ1) is 6.59. The van der Waals surface area contributed by atoms with E-state index in [1.165, 1.54) is 0 Å². The Kier molecular flexibility index (Phi) is 4.58. The molecule has 0 bridgehead atoms. The molecule has 0 aliphatic heterocycles. The highest BCUT2D eigenvalue weighted by Gasteiger charge is 2.02. The Labute approximate surface area is 93.5 Å². The summed E-state index contributed by atoms with van der Waals surface area (Å²) in [5, 5.41) is 9.80. The average Bonchev–Trinajstić information content (AvgIpc) is 2.10. The van der Waals surface area contributed by atoms with E-state index in [2.05, 4.69) is 0 Å². The first kappa shape index (κ1) is 11.7. The zero-order chi connectivity index (χ0) is 10.6. The van der Waals surface area contributed by atoms with E-state index in [9.17, 15) is 0 Å². The molecule has 0 heterocycles. The number of aliphatic hydroxyl groups is 1. The predicted molar refractivity (Wildman–Crippen MR) is 62.9 cm³/mol. The number of hydrogen-bond donors (Lipinski definition) is 2. The number of thioether (sulfide) groups is 1. The van der Waals surface area contributed by atoms with E-state index >= 15 is 0 Å². The van der Waals surface area contributed by atoms with Crippen molar-refractivity contribution >= 4 is 29.1 Å². The van der Waals surface area contributed by atoms with Gasteiger partial charge in [0.2, 0.25) is 0 Å². The van der Waals surface area contributed by atoms with Crippen LogP contribution in [-0.4, -0.2) is 17.0 Å². The van der Waals surface area contributed by atoms with Gasteiger partial charge in [-0.2, -0.15) is 0 Å². The summed E-state index contributed by atoms with van der Waals surface area (Å²) in [6, 6.07) is 5.43. The van der Waals surface area contributed by atoms with Crippen LogP contribution in [0.1, 0.15) is 13.3 Å². The van der Waals surface area contributed by atoms with Gasteiger partial charge in [0, 0.05) is 16.3 Å². The molecule has 1 unspecified atom stereocenters. The van der Waals surface area contributed by atoms with Gasteiger partial charge in [-0.1, -0.05) is 11.6 Å². The van der Waals surface area contributed by atoms with Gasteiger partial charge in [-0.3, -0.25) is 0 Å². The molecule has 0 fully saturated rings. The van der Waals surface area contributed by atoms with Gasteiger partial charge in [-0.05, 0) is 31.5 Å². The summed E-state index contributed by atoms with van der Waals surface area (Å²) in [6.07, 6.45) is 0.498. The molecular weight excluding hydrogens is 218 g/mol. The molecule has 14 heavy (non-hydrogen) atoms. The van der Waals surface area contributed by atoms with Crippen LogP contribution in [0.5, 0.6) is 0 Å². The summed E-state index contributed by atoms with van der Waals surface area (Å²) < 4.78 is 0. The van der Waals surface area contributed by atoms with Gasteiger partial charge < -0.3 is 10.8 Å². The van der Waals surface area contributed by atoms with Crippen molar-refractivity contribution in [3.05, 3.63) is 23.2 Å². The number of benzene rings is 1. The van der Waals surface area contributed by atoms with Crippen molar-refractivity contribution in [2.45, 2.75) is 24.3 Å². The Hall–Kier alpha value is -0.380. The van der Waals surface area contributed by atoms with Crippen molar-refractivity contribution in [1.29, 1.82) is 0 Å². The van der Waals surface area contributed by atoms with Crippen LogP contribution in [0.3, 0.4) is 0 Å². The predicted octanol–water partition coefficient (Wildman–Crippen LogP) is 2.79. The molecule has 0 saturated carbocycles. The zero-order valence-electron chi connectivity index (χ0n) is 8.03. The molecule has 4 heteroatoms. The van der Waals surface area contributed by atoms with Crippen LogP contribution in [0, 0.1) is 0 Å². The molecule has 0 spiro atoms. The maximum absolute atomic E-state index is 9.08. The number of nitrogen functional groups attached to an aromatic ring is 1. The maximum Gasteiger partial charge on any atom is 0.0543 e. The third-order valence-electron chi connectivity index (χ3n) is 1.75. The van der Waals surface area contributed by atoms with Crippen LogP contribution in [-0.2, 0) is 0 Å². The zero-order valence-corrected chi connectivity index (χ0v) is 9.61.